The van der Waals surface area contributed by atoms with Crippen molar-refractivity contribution in [1.29, 1.82) is 0 Å². The molecule has 1 aromatic carbocycles. The Kier molecular flexibility index (Phi) is 5.75. The van der Waals surface area contributed by atoms with Crippen LogP contribution in [-0.4, -0.2) is 53.9 Å². The number of amides is 1. The lowest BCUT2D eigenvalue weighted by Gasteiger charge is -2.31. The van der Waals surface area contributed by atoms with Gasteiger partial charge in [0, 0.05) is 30.4 Å². The molecule has 1 saturated heterocycles. The summed E-state index contributed by atoms with van der Waals surface area (Å²) in [4.78, 5) is 27.3. The largest absolute Gasteiger partial charge is 0.344 e. The quantitative estimate of drug-likeness (QED) is 0.803. The zero-order valence-electron chi connectivity index (χ0n) is 16.2. The van der Waals surface area contributed by atoms with Crippen molar-refractivity contribution in [3.8, 4) is 0 Å². The summed E-state index contributed by atoms with van der Waals surface area (Å²) >= 11 is 0. The Hall–Kier alpha value is -2.47. The number of Topliss-reactive ketones (excluding diaryl/α,β-unsaturated/α-hetero) is 1. The molecule has 0 saturated carbocycles. The topological polar surface area (TPSA) is 46.8 Å². The average Bonchev–Trinajstić information content (AvgIpc) is 2.92. The highest BCUT2D eigenvalue weighted by Gasteiger charge is 2.25. The highest BCUT2D eigenvalue weighted by molar-refractivity contribution is 5.98. The Bertz CT molecular complexity index is 834. The summed E-state index contributed by atoms with van der Waals surface area (Å²) in [5.41, 5.74) is 3.74. The van der Waals surface area contributed by atoms with E-state index < -0.39 is 0 Å². The summed E-state index contributed by atoms with van der Waals surface area (Å²) in [6.07, 6.45) is 0. The van der Waals surface area contributed by atoms with Crippen molar-refractivity contribution in [3.63, 3.8) is 0 Å². The van der Waals surface area contributed by atoms with Crippen LogP contribution in [-0.2, 0) is 11.3 Å². The third kappa shape index (κ3) is 4.45. The lowest BCUT2D eigenvalue weighted by atomic mass is 10.1. The predicted octanol–water partition coefficient (Wildman–Crippen LogP) is 1.22. The van der Waals surface area contributed by atoms with Crippen LogP contribution in [0, 0.1) is 19.7 Å². The molecule has 1 amide bonds. The van der Waals surface area contributed by atoms with Crippen LogP contribution in [0.3, 0.4) is 0 Å². The molecule has 27 heavy (non-hydrogen) atoms. The van der Waals surface area contributed by atoms with Gasteiger partial charge in [-0.2, -0.15) is 0 Å². The number of nitrogens with zero attached hydrogens (tertiary/aromatic N) is 2. The van der Waals surface area contributed by atoms with Crippen LogP contribution in [0.25, 0.3) is 0 Å². The Labute approximate surface area is 159 Å². The highest BCUT2D eigenvalue weighted by atomic mass is 19.1. The summed E-state index contributed by atoms with van der Waals surface area (Å²) < 4.78 is 15.2. The van der Waals surface area contributed by atoms with E-state index in [1.807, 2.05) is 24.8 Å². The Morgan fingerprint density at radius 3 is 2.33 bits per heavy atom. The van der Waals surface area contributed by atoms with E-state index in [1.54, 1.807) is 19.1 Å². The number of halogens is 1. The fourth-order valence-electron chi connectivity index (χ4n) is 3.74. The lowest BCUT2D eigenvalue weighted by Crippen LogP contribution is -3.15. The summed E-state index contributed by atoms with van der Waals surface area (Å²) in [7, 11) is 0. The maximum absolute atomic E-state index is 13.1. The normalized spacial score (nSPS) is 15.2. The number of piperazine rings is 1. The first-order chi connectivity index (χ1) is 12.8. The number of quaternary nitrogens is 1. The first-order valence-corrected chi connectivity index (χ1v) is 9.38. The number of rotatable bonds is 5. The van der Waals surface area contributed by atoms with Crippen LogP contribution in [0.5, 0.6) is 0 Å². The van der Waals surface area contributed by atoms with Crippen molar-refractivity contribution in [2.45, 2.75) is 27.3 Å². The van der Waals surface area contributed by atoms with Crippen LogP contribution in [0.15, 0.2) is 30.3 Å². The van der Waals surface area contributed by atoms with Gasteiger partial charge in [0.05, 0.1) is 26.2 Å². The number of aryl methyl sites for hydroxylation is 1. The standard InChI is InChI=1S/C21H26FN3O2/c1-15-12-20(16(2)25(15)13-18-4-6-19(22)7-5-18)21(27)14-23-8-10-24(11-9-23)17(3)26/h4-7,12H,8-11,13-14H2,1-3H3/p+1. The van der Waals surface area contributed by atoms with E-state index in [4.69, 9.17) is 0 Å². The Balaban J connectivity index is 1.67. The minimum Gasteiger partial charge on any atom is -0.344 e. The molecular weight excluding hydrogens is 345 g/mol. The molecule has 1 aromatic heterocycles. The molecule has 1 N–H and O–H groups in total. The molecule has 2 heterocycles. The molecule has 5 nitrogen and oxygen atoms in total. The van der Waals surface area contributed by atoms with Gasteiger partial charge in [0.25, 0.3) is 0 Å². The number of nitrogens with one attached hydrogen (secondary N) is 1. The number of benzene rings is 1. The summed E-state index contributed by atoms with van der Waals surface area (Å²) in [6.45, 7) is 9.65. The Morgan fingerprint density at radius 1 is 1.11 bits per heavy atom. The average molecular weight is 372 g/mol. The van der Waals surface area contributed by atoms with E-state index in [1.165, 1.54) is 17.0 Å². The zero-order chi connectivity index (χ0) is 19.6. The fourth-order valence-corrected chi connectivity index (χ4v) is 3.74. The first kappa shape index (κ1) is 19.3. The number of hydrogen-bond acceptors (Lipinski definition) is 2. The van der Waals surface area contributed by atoms with Gasteiger partial charge in [0.15, 0.2) is 0 Å². The van der Waals surface area contributed by atoms with E-state index in [0.717, 1.165) is 35.6 Å². The molecule has 1 fully saturated rings. The van der Waals surface area contributed by atoms with E-state index in [9.17, 15) is 14.0 Å². The van der Waals surface area contributed by atoms with E-state index in [2.05, 4.69) is 4.57 Å². The summed E-state index contributed by atoms with van der Waals surface area (Å²) in [6, 6.07) is 8.41. The van der Waals surface area contributed by atoms with Crippen LogP contribution >= 0.6 is 0 Å². The van der Waals surface area contributed by atoms with Gasteiger partial charge in [-0.05, 0) is 37.6 Å². The van der Waals surface area contributed by atoms with Crippen molar-refractivity contribution >= 4 is 11.7 Å². The van der Waals surface area contributed by atoms with Crippen molar-refractivity contribution in [2.75, 3.05) is 32.7 Å². The van der Waals surface area contributed by atoms with E-state index >= 15 is 0 Å². The van der Waals surface area contributed by atoms with Crippen molar-refractivity contribution in [3.05, 3.63) is 58.7 Å². The number of hydrogen-bond donors (Lipinski definition) is 1. The molecule has 0 radical (unpaired) electrons. The van der Waals surface area contributed by atoms with Gasteiger partial charge >= 0.3 is 0 Å². The SMILES string of the molecule is CC(=O)N1CC[NH+](CC(=O)c2cc(C)n(Cc3ccc(F)cc3)c2C)CC1. The summed E-state index contributed by atoms with van der Waals surface area (Å²) in [5.74, 6) is -0.00661. The minimum atomic E-state index is -0.247. The maximum Gasteiger partial charge on any atom is 0.219 e. The number of aromatic nitrogens is 1. The van der Waals surface area contributed by atoms with Crippen LogP contribution < -0.4 is 4.90 Å². The Morgan fingerprint density at radius 2 is 1.74 bits per heavy atom. The summed E-state index contributed by atoms with van der Waals surface area (Å²) in [5, 5.41) is 0. The number of carbonyl (C=O) groups is 2. The smallest absolute Gasteiger partial charge is 0.219 e. The van der Waals surface area contributed by atoms with Crippen molar-refractivity contribution in [2.24, 2.45) is 0 Å². The molecule has 3 rings (SSSR count). The number of carbonyl (C=O) groups excluding carboxylic acids is 2. The molecule has 1 aliphatic heterocycles. The molecule has 0 aliphatic carbocycles. The molecule has 0 spiro atoms. The third-order valence-electron chi connectivity index (χ3n) is 5.45. The van der Waals surface area contributed by atoms with Crippen LogP contribution in [0.4, 0.5) is 4.39 Å². The number of ketones is 1. The molecule has 2 aromatic rings. The lowest BCUT2D eigenvalue weighted by molar-refractivity contribution is -0.895. The second kappa shape index (κ2) is 8.05. The second-order valence-electron chi connectivity index (χ2n) is 7.35. The maximum atomic E-state index is 13.1. The third-order valence-corrected chi connectivity index (χ3v) is 5.45. The molecule has 6 heteroatoms. The molecule has 1 aliphatic rings. The van der Waals surface area contributed by atoms with Crippen molar-refractivity contribution in [1.82, 2.24) is 9.47 Å². The highest BCUT2D eigenvalue weighted by Crippen LogP contribution is 2.17. The molecular formula is C21H27FN3O2+. The second-order valence-corrected chi connectivity index (χ2v) is 7.35. The van der Waals surface area contributed by atoms with Gasteiger partial charge in [-0.1, -0.05) is 12.1 Å². The zero-order valence-corrected chi connectivity index (χ0v) is 16.2. The predicted molar refractivity (Wildman–Crippen MR) is 102 cm³/mol. The molecule has 144 valence electrons. The first-order valence-electron chi connectivity index (χ1n) is 9.38. The van der Waals surface area contributed by atoms with Crippen LogP contribution in [0.1, 0.15) is 34.2 Å². The van der Waals surface area contributed by atoms with Gasteiger partial charge < -0.3 is 14.4 Å². The van der Waals surface area contributed by atoms with E-state index in [0.29, 0.717) is 26.2 Å². The van der Waals surface area contributed by atoms with Crippen molar-refractivity contribution < 1.29 is 18.9 Å². The van der Waals surface area contributed by atoms with Gasteiger partial charge in [-0.3, -0.25) is 9.59 Å². The van der Waals surface area contributed by atoms with Crippen LogP contribution in [0.2, 0.25) is 0 Å². The minimum absolute atomic E-state index is 0.102. The fraction of sp³-hybridized carbons (Fsp3) is 0.429. The van der Waals surface area contributed by atoms with Gasteiger partial charge in [-0.15, -0.1) is 0 Å². The van der Waals surface area contributed by atoms with Gasteiger partial charge in [0.1, 0.15) is 12.4 Å². The van der Waals surface area contributed by atoms with Gasteiger partial charge in [-0.25, -0.2) is 4.39 Å². The monoisotopic (exact) mass is 372 g/mol. The van der Waals surface area contributed by atoms with E-state index in [-0.39, 0.29) is 17.5 Å². The molecule has 0 atom stereocenters. The molecule has 0 bridgehead atoms. The van der Waals surface area contributed by atoms with Gasteiger partial charge in [0.2, 0.25) is 11.7 Å². The molecule has 0 unspecified atom stereocenters.